The van der Waals surface area contributed by atoms with Gasteiger partial charge in [-0.05, 0) is 43.7 Å². The van der Waals surface area contributed by atoms with Crippen LogP contribution in [-0.4, -0.2) is 25.7 Å². The number of benzene rings is 3. The molecule has 0 saturated heterocycles. The molecule has 1 aliphatic heterocycles. The molecule has 4 heteroatoms. The fraction of sp³-hybridized carbons (Fsp3) is 0.192. The van der Waals surface area contributed by atoms with Gasteiger partial charge in [0.25, 0.3) is 5.91 Å². The van der Waals surface area contributed by atoms with E-state index in [2.05, 4.69) is 6.07 Å². The van der Waals surface area contributed by atoms with Gasteiger partial charge in [0, 0.05) is 23.9 Å². The Labute approximate surface area is 177 Å². The molecule has 0 aliphatic carbocycles. The number of hydrogen-bond donors (Lipinski definition) is 0. The summed E-state index contributed by atoms with van der Waals surface area (Å²) in [5, 5.41) is 0. The minimum Gasteiger partial charge on any atom is -0.486 e. The maximum atomic E-state index is 13.5. The van der Waals surface area contributed by atoms with Crippen LogP contribution in [0.15, 0.2) is 72.8 Å². The van der Waals surface area contributed by atoms with Crippen LogP contribution in [-0.2, 0) is 0 Å². The Bertz CT molecular complexity index is 1050. The zero-order chi connectivity index (χ0) is 20.9. The molecule has 3 aromatic carbocycles. The number of nitrogens with zero attached hydrogens (tertiary/aromatic N) is 1. The van der Waals surface area contributed by atoms with Gasteiger partial charge in [-0.15, -0.1) is 0 Å². The Kier molecular flexibility index (Phi) is 5.84. The number of aryl methyl sites for hydroxylation is 2. The Morgan fingerprint density at radius 2 is 1.60 bits per heavy atom. The summed E-state index contributed by atoms with van der Waals surface area (Å²) < 4.78 is 11.4. The first-order valence-corrected chi connectivity index (χ1v) is 10.1. The van der Waals surface area contributed by atoms with Crippen LogP contribution in [0.3, 0.4) is 0 Å². The summed E-state index contributed by atoms with van der Waals surface area (Å²) in [6, 6.07) is 21.7. The molecule has 3 aromatic rings. The second-order valence-electron chi connectivity index (χ2n) is 7.43. The molecule has 152 valence electrons. The molecule has 0 radical (unpaired) electrons. The predicted molar refractivity (Wildman–Crippen MR) is 121 cm³/mol. The fourth-order valence-corrected chi connectivity index (χ4v) is 3.62. The molecule has 1 amide bonds. The average Bonchev–Trinajstić information content (AvgIpc) is 2.76. The first kappa shape index (κ1) is 19.8. The molecule has 0 N–H and O–H groups in total. The van der Waals surface area contributed by atoms with Crippen molar-refractivity contribution in [1.29, 1.82) is 0 Å². The Morgan fingerprint density at radius 3 is 2.33 bits per heavy atom. The number of anilines is 1. The van der Waals surface area contributed by atoms with Crippen LogP contribution in [0.4, 0.5) is 5.69 Å². The van der Waals surface area contributed by atoms with Gasteiger partial charge in [0.2, 0.25) is 0 Å². The summed E-state index contributed by atoms with van der Waals surface area (Å²) >= 11 is 0. The van der Waals surface area contributed by atoms with Gasteiger partial charge in [-0.25, -0.2) is 0 Å². The molecule has 1 heterocycles. The highest BCUT2D eigenvalue weighted by molar-refractivity contribution is 6.06. The fourth-order valence-electron chi connectivity index (χ4n) is 3.62. The maximum Gasteiger partial charge on any atom is 0.258 e. The molecule has 4 rings (SSSR count). The summed E-state index contributed by atoms with van der Waals surface area (Å²) in [6.45, 7) is 5.51. The van der Waals surface area contributed by atoms with Crippen molar-refractivity contribution < 1.29 is 14.3 Å². The SMILES string of the molecule is Cc1cc(C)cc(C(=O)N(C/C=C/c2ccccc2)c2ccc3c(c2)OCCO3)c1. The largest absolute Gasteiger partial charge is 0.486 e. The number of carbonyl (C=O) groups is 1. The third kappa shape index (κ3) is 4.54. The molecule has 0 unspecified atom stereocenters. The second kappa shape index (κ2) is 8.87. The number of hydrogen-bond acceptors (Lipinski definition) is 3. The van der Waals surface area contributed by atoms with Gasteiger partial charge in [0.15, 0.2) is 11.5 Å². The highest BCUT2D eigenvalue weighted by Crippen LogP contribution is 2.34. The van der Waals surface area contributed by atoms with Crippen LogP contribution in [0.1, 0.15) is 27.0 Å². The van der Waals surface area contributed by atoms with E-state index in [1.807, 2.05) is 86.7 Å². The van der Waals surface area contributed by atoms with Gasteiger partial charge in [-0.3, -0.25) is 4.79 Å². The van der Waals surface area contributed by atoms with Gasteiger partial charge in [0.1, 0.15) is 13.2 Å². The first-order chi connectivity index (χ1) is 14.6. The van der Waals surface area contributed by atoms with Crippen LogP contribution < -0.4 is 14.4 Å². The monoisotopic (exact) mass is 399 g/mol. The van der Waals surface area contributed by atoms with Crippen molar-refractivity contribution in [1.82, 2.24) is 0 Å². The van der Waals surface area contributed by atoms with E-state index in [4.69, 9.17) is 9.47 Å². The van der Waals surface area contributed by atoms with E-state index in [1.165, 1.54) is 0 Å². The van der Waals surface area contributed by atoms with Crippen molar-refractivity contribution in [2.75, 3.05) is 24.7 Å². The maximum absolute atomic E-state index is 13.5. The highest BCUT2D eigenvalue weighted by Gasteiger charge is 2.20. The van der Waals surface area contributed by atoms with Crippen LogP contribution >= 0.6 is 0 Å². The van der Waals surface area contributed by atoms with Gasteiger partial charge in [0.05, 0.1) is 0 Å². The smallest absolute Gasteiger partial charge is 0.258 e. The highest BCUT2D eigenvalue weighted by atomic mass is 16.6. The molecule has 0 fully saturated rings. The Hall–Kier alpha value is -3.53. The standard InChI is InChI=1S/C26H25NO3/c1-19-15-20(2)17-22(16-19)26(28)27(12-6-9-21-7-4-3-5-8-21)23-10-11-24-25(18-23)30-14-13-29-24/h3-11,15-18H,12-14H2,1-2H3/b9-6+. The number of rotatable bonds is 5. The third-order valence-electron chi connectivity index (χ3n) is 4.95. The third-order valence-corrected chi connectivity index (χ3v) is 4.95. The zero-order valence-corrected chi connectivity index (χ0v) is 17.3. The normalized spacial score (nSPS) is 12.7. The number of fused-ring (bicyclic) bond motifs is 1. The first-order valence-electron chi connectivity index (χ1n) is 10.1. The Balaban J connectivity index is 1.67. The molecule has 0 aromatic heterocycles. The number of amides is 1. The lowest BCUT2D eigenvalue weighted by molar-refractivity contribution is 0.0989. The molecule has 0 atom stereocenters. The van der Waals surface area contributed by atoms with Crippen molar-refractivity contribution in [3.05, 3.63) is 95.1 Å². The summed E-state index contributed by atoms with van der Waals surface area (Å²) in [5.74, 6) is 1.34. The van der Waals surface area contributed by atoms with Crippen molar-refractivity contribution in [2.24, 2.45) is 0 Å². The molecule has 30 heavy (non-hydrogen) atoms. The molecular formula is C26H25NO3. The molecule has 0 spiro atoms. The van der Waals surface area contributed by atoms with E-state index in [-0.39, 0.29) is 5.91 Å². The lowest BCUT2D eigenvalue weighted by Crippen LogP contribution is -2.31. The van der Waals surface area contributed by atoms with E-state index in [0.29, 0.717) is 36.8 Å². The Morgan fingerprint density at radius 1 is 0.900 bits per heavy atom. The van der Waals surface area contributed by atoms with E-state index in [0.717, 1.165) is 22.4 Å². The molecule has 1 aliphatic rings. The van der Waals surface area contributed by atoms with E-state index < -0.39 is 0 Å². The van der Waals surface area contributed by atoms with E-state index >= 15 is 0 Å². The zero-order valence-electron chi connectivity index (χ0n) is 17.3. The topological polar surface area (TPSA) is 38.8 Å². The van der Waals surface area contributed by atoms with Crippen LogP contribution in [0.2, 0.25) is 0 Å². The van der Waals surface area contributed by atoms with Gasteiger partial charge >= 0.3 is 0 Å². The van der Waals surface area contributed by atoms with E-state index in [1.54, 1.807) is 4.90 Å². The number of ether oxygens (including phenoxy) is 2. The van der Waals surface area contributed by atoms with Crippen molar-refractivity contribution in [2.45, 2.75) is 13.8 Å². The van der Waals surface area contributed by atoms with Gasteiger partial charge in [-0.2, -0.15) is 0 Å². The quantitative estimate of drug-likeness (QED) is 0.574. The van der Waals surface area contributed by atoms with Crippen LogP contribution in [0.5, 0.6) is 11.5 Å². The molecule has 0 bridgehead atoms. The summed E-state index contributed by atoms with van der Waals surface area (Å²) in [5.41, 5.74) is 4.69. The summed E-state index contributed by atoms with van der Waals surface area (Å²) in [7, 11) is 0. The second-order valence-corrected chi connectivity index (χ2v) is 7.43. The minimum atomic E-state index is -0.0452. The summed E-state index contributed by atoms with van der Waals surface area (Å²) in [6.07, 6.45) is 4.03. The number of carbonyl (C=O) groups excluding carboxylic acids is 1. The van der Waals surface area contributed by atoms with Crippen molar-refractivity contribution in [3.8, 4) is 11.5 Å². The average molecular weight is 399 g/mol. The summed E-state index contributed by atoms with van der Waals surface area (Å²) in [4.78, 5) is 15.2. The van der Waals surface area contributed by atoms with Gasteiger partial charge < -0.3 is 14.4 Å². The van der Waals surface area contributed by atoms with Crippen LogP contribution in [0.25, 0.3) is 6.08 Å². The van der Waals surface area contributed by atoms with Crippen molar-refractivity contribution in [3.63, 3.8) is 0 Å². The minimum absolute atomic E-state index is 0.0452. The lowest BCUT2D eigenvalue weighted by Gasteiger charge is -2.25. The lowest BCUT2D eigenvalue weighted by atomic mass is 10.1. The molecule has 4 nitrogen and oxygen atoms in total. The van der Waals surface area contributed by atoms with E-state index in [9.17, 15) is 4.79 Å². The van der Waals surface area contributed by atoms with Gasteiger partial charge in [-0.1, -0.05) is 59.7 Å². The predicted octanol–water partition coefficient (Wildman–Crippen LogP) is 5.43. The van der Waals surface area contributed by atoms with Crippen molar-refractivity contribution >= 4 is 17.7 Å². The van der Waals surface area contributed by atoms with Crippen LogP contribution in [0, 0.1) is 13.8 Å². The molecule has 0 saturated carbocycles. The molecular weight excluding hydrogens is 374 g/mol.